The van der Waals surface area contributed by atoms with Gasteiger partial charge in [-0.05, 0) is 61.9 Å². The molecule has 33 heavy (non-hydrogen) atoms. The molecular weight excluding hydrogens is 424 g/mol. The molecule has 1 aromatic heterocycles. The van der Waals surface area contributed by atoms with Crippen molar-refractivity contribution in [2.24, 2.45) is 5.10 Å². The Bertz CT molecular complexity index is 1240. The van der Waals surface area contributed by atoms with Gasteiger partial charge in [0.25, 0.3) is 5.91 Å². The predicted octanol–water partition coefficient (Wildman–Crippen LogP) is 4.76. The fraction of sp³-hybridized carbons (Fsp3) is 0.160. The van der Waals surface area contributed by atoms with Crippen molar-refractivity contribution in [1.82, 2.24) is 0 Å². The highest BCUT2D eigenvalue weighted by Crippen LogP contribution is 2.31. The van der Waals surface area contributed by atoms with Gasteiger partial charge in [-0.25, -0.2) is 4.79 Å². The zero-order valence-electron chi connectivity index (χ0n) is 18.1. The summed E-state index contributed by atoms with van der Waals surface area (Å²) in [6.45, 7) is 4.11. The van der Waals surface area contributed by atoms with Gasteiger partial charge in [0.1, 0.15) is 12.4 Å². The molecule has 168 valence electrons. The minimum Gasteiger partial charge on any atom is -0.490 e. The Kier molecular flexibility index (Phi) is 6.26. The third kappa shape index (κ3) is 4.79. The third-order valence-corrected chi connectivity index (χ3v) is 4.88. The zero-order valence-corrected chi connectivity index (χ0v) is 18.1. The van der Waals surface area contributed by atoms with E-state index < -0.39 is 5.97 Å². The Hall–Kier alpha value is -4.33. The normalized spacial score (nSPS) is 14.5. The zero-order chi connectivity index (χ0) is 23.4. The number of furan rings is 1. The van der Waals surface area contributed by atoms with E-state index in [2.05, 4.69) is 5.10 Å². The van der Waals surface area contributed by atoms with E-state index in [0.29, 0.717) is 40.8 Å². The van der Waals surface area contributed by atoms with Gasteiger partial charge < -0.3 is 19.0 Å². The van der Waals surface area contributed by atoms with Crippen LogP contribution in [-0.2, 0) is 11.4 Å². The first-order valence-corrected chi connectivity index (χ1v) is 10.3. The number of carbonyl (C=O) groups is 2. The number of aromatic carboxylic acids is 1. The second-order valence-electron chi connectivity index (χ2n) is 7.19. The highest BCUT2D eigenvalue weighted by molar-refractivity contribution is 6.32. The fourth-order valence-corrected chi connectivity index (χ4v) is 3.32. The monoisotopic (exact) mass is 446 g/mol. The molecule has 1 N–H and O–H groups in total. The second kappa shape index (κ2) is 9.44. The number of hydrazone groups is 1. The van der Waals surface area contributed by atoms with Crippen LogP contribution in [0.25, 0.3) is 6.08 Å². The first-order chi connectivity index (χ1) is 16.0. The minimum absolute atomic E-state index is 0.0457. The van der Waals surface area contributed by atoms with Crippen LogP contribution in [0.15, 0.2) is 75.8 Å². The Labute approximate surface area is 190 Å². The van der Waals surface area contributed by atoms with E-state index in [9.17, 15) is 9.59 Å². The molecule has 2 aromatic carbocycles. The number of carboxylic acids is 1. The summed E-state index contributed by atoms with van der Waals surface area (Å²) in [5, 5.41) is 14.7. The quantitative estimate of drug-likeness (QED) is 0.501. The van der Waals surface area contributed by atoms with E-state index in [-0.39, 0.29) is 18.3 Å². The summed E-state index contributed by atoms with van der Waals surface area (Å²) in [7, 11) is 0. The maximum Gasteiger partial charge on any atom is 0.371 e. The molecule has 0 saturated heterocycles. The Morgan fingerprint density at radius 2 is 1.88 bits per heavy atom. The molecule has 3 aromatic rings. The number of ether oxygens (including phenoxy) is 2. The van der Waals surface area contributed by atoms with E-state index >= 15 is 0 Å². The van der Waals surface area contributed by atoms with E-state index in [4.69, 9.17) is 19.0 Å². The van der Waals surface area contributed by atoms with Crippen LogP contribution in [0.1, 0.15) is 35.7 Å². The van der Waals surface area contributed by atoms with Gasteiger partial charge in [-0.3, -0.25) is 4.79 Å². The molecule has 2 heterocycles. The number of hydrogen-bond donors (Lipinski definition) is 1. The van der Waals surface area contributed by atoms with Crippen LogP contribution in [0.2, 0.25) is 0 Å². The predicted molar refractivity (Wildman–Crippen MR) is 123 cm³/mol. The van der Waals surface area contributed by atoms with Gasteiger partial charge in [0.05, 0.1) is 23.6 Å². The Balaban J connectivity index is 1.54. The first kappa shape index (κ1) is 21.9. The summed E-state index contributed by atoms with van der Waals surface area (Å²) >= 11 is 0. The van der Waals surface area contributed by atoms with E-state index in [1.54, 1.807) is 37.3 Å². The standard InChI is InChI=1S/C25H22N2O6/c1-3-31-23-14-17(9-11-21(23)32-15-19-10-12-22(33-19)25(29)30)13-20-16(2)26-27(24(20)28)18-7-5-4-6-8-18/h4-14H,3,15H2,1-2H3,(H,29,30). The second-order valence-corrected chi connectivity index (χ2v) is 7.19. The van der Waals surface area contributed by atoms with Gasteiger partial charge in [-0.15, -0.1) is 0 Å². The molecule has 1 aliphatic heterocycles. The molecular formula is C25H22N2O6. The first-order valence-electron chi connectivity index (χ1n) is 10.3. The molecule has 8 heteroatoms. The van der Waals surface area contributed by atoms with Crippen LogP contribution in [0.3, 0.4) is 0 Å². The summed E-state index contributed by atoms with van der Waals surface area (Å²) in [4.78, 5) is 23.9. The number of carbonyl (C=O) groups excluding carboxylic acids is 1. The number of anilines is 1. The minimum atomic E-state index is -1.14. The van der Waals surface area contributed by atoms with Crippen LogP contribution in [0, 0.1) is 0 Å². The van der Waals surface area contributed by atoms with E-state index in [1.807, 2.05) is 37.3 Å². The van der Waals surface area contributed by atoms with Crippen LogP contribution < -0.4 is 14.5 Å². The van der Waals surface area contributed by atoms with Gasteiger partial charge in [-0.1, -0.05) is 24.3 Å². The molecule has 0 radical (unpaired) electrons. The number of amides is 1. The van der Waals surface area contributed by atoms with Crippen molar-refractivity contribution in [2.75, 3.05) is 11.6 Å². The summed E-state index contributed by atoms with van der Waals surface area (Å²) < 4.78 is 16.7. The lowest BCUT2D eigenvalue weighted by Crippen LogP contribution is -2.21. The number of hydrogen-bond acceptors (Lipinski definition) is 6. The van der Waals surface area contributed by atoms with Crippen molar-refractivity contribution in [1.29, 1.82) is 0 Å². The largest absolute Gasteiger partial charge is 0.490 e. The summed E-state index contributed by atoms with van der Waals surface area (Å²) in [5.74, 6) is -0.143. The summed E-state index contributed by atoms with van der Waals surface area (Å²) in [6, 6.07) is 17.5. The molecule has 0 fully saturated rings. The lowest BCUT2D eigenvalue weighted by molar-refractivity contribution is -0.114. The molecule has 8 nitrogen and oxygen atoms in total. The Morgan fingerprint density at radius 3 is 2.58 bits per heavy atom. The number of nitrogens with zero attached hydrogens (tertiary/aromatic N) is 2. The van der Waals surface area contributed by atoms with E-state index in [1.165, 1.54) is 11.1 Å². The third-order valence-electron chi connectivity index (χ3n) is 4.88. The highest BCUT2D eigenvalue weighted by Gasteiger charge is 2.28. The lowest BCUT2D eigenvalue weighted by Gasteiger charge is -2.12. The average molecular weight is 446 g/mol. The Morgan fingerprint density at radius 1 is 1.09 bits per heavy atom. The lowest BCUT2D eigenvalue weighted by atomic mass is 10.1. The van der Waals surface area contributed by atoms with Gasteiger partial charge in [0.2, 0.25) is 5.76 Å². The number of carboxylic acid groups (broad SMARTS) is 1. The maximum absolute atomic E-state index is 12.9. The van der Waals surface area contributed by atoms with Gasteiger partial charge in [0.15, 0.2) is 11.5 Å². The maximum atomic E-state index is 12.9. The van der Waals surface area contributed by atoms with Crippen molar-refractivity contribution in [2.45, 2.75) is 20.5 Å². The number of rotatable bonds is 8. The smallest absolute Gasteiger partial charge is 0.371 e. The molecule has 4 rings (SSSR count). The van der Waals surface area contributed by atoms with Crippen molar-refractivity contribution in [3.8, 4) is 11.5 Å². The average Bonchev–Trinajstić information content (AvgIpc) is 3.40. The van der Waals surface area contributed by atoms with Crippen LogP contribution in [0.4, 0.5) is 5.69 Å². The fourth-order valence-electron chi connectivity index (χ4n) is 3.32. The van der Waals surface area contributed by atoms with Crippen molar-refractivity contribution >= 4 is 29.4 Å². The number of benzene rings is 2. The molecule has 1 aliphatic rings. The molecule has 1 amide bonds. The molecule has 0 spiro atoms. The van der Waals surface area contributed by atoms with Crippen LogP contribution in [-0.4, -0.2) is 29.3 Å². The molecule has 0 saturated carbocycles. The topological polar surface area (TPSA) is 102 Å². The molecule has 0 unspecified atom stereocenters. The molecule has 0 bridgehead atoms. The summed E-state index contributed by atoms with van der Waals surface area (Å²) in [5.41, 5.74) is 2.57. The van der Waals surface area contributed by atoms with Crippen LogP contribution in [0.5, 0.6) is 11.5 Å². The van der Waals surface area contributed by atoms with Crippen molar-refractivity contribution in [3.05, 3.63) is 83.3 Å². The van der Waals surface area contributed by atoms with Gasteiger partial charge in [0, 0.05) is 0 Å². The molecule has 0 aliphatic carbocycles. The number of para-hydroxylation sites is 1. The van der Waals surface area contributed by atoms with Gasteiger partial charge in [-0.2, -0.15) is 10.1 Å². The van der Waals surface area contributed by atoms with Gasteiger partial charge >= 0.3 is 5.97 Å². The highest BCUT2D eigenvalue weighted by atomic mass is 16.5. The van der Waals surface area contributed by atoms with Crippen molar-refractivity contribution < 1.29 is 28.6 Å². The van der Waals surface area contributed by atoms with Crippen molar-refractivity contribution in [3.63, 3.8) is 0 Å². The summed E-state index contributed by atoms with van der Waals surface area (Å²) in [6.07, 6.45) is 1.77. The van der Waals surface area contributed by atoms with Crippen LogP contribution >= 0.6 is 0 Å². The molecule has 0 atom stereocenters. The van der Waals surface area contributed by atoms with E-state index in [0.717, 1.165) is 5.56 Å². The SMILES string of the molecule is CCOc1cc(C=C2C(=O)N(c3ccccc3)N=C2C)ccc1OCc1ccc(C(=O)O)o1.